The molecule has 0 aliphatic carbocycles. The SMILES string of the molecule is [N-]=[N+]=NCCN1CCC(CCF)CC1. The molecule has 0 aromatic heterocycles. The van der Waals surface area contributed by atoms with Gasteiger partial charge >= 0.3 is 0 Å². The van der Waals surface area contributed by atoms with Crippen molar-refractivity contribution in [2.75, 3.05) is 32.9 Å². The van der Waals surface area contributed by atoms with Gasteiger partial charge in [-0.1, -0.05) is 5.11 Å². The van der Waals surface area contributed by atoms with Gasteiger partial charge in [0.1, 0.15) is 0 Å². The van der Waals surface area contributed by atoms with Gasteiger partial charge in [-0.25, -0.2) is 0 Å². The fraction of sp³-hybridized carbons (Fsp3) is 1.00. The third-order valence-corrected chi connectivity index (χ3v) is 2.80. The Labute approximate surface area is 83.7 Å². The van der Waals surface area contributed by atoms with Crippen molar-refractivity contribution in [1.29, 1.82) is 0 Å². The van der Waals surface area contributed by atoms with Gasteiger partial charge in [-0.3, -0.25) is 4.39 Å². The topological polar surface area (TPSA) is 52.0 Å². The van der Waals surface area contributed by atoms with E-state index in [1.807, 2.05) is 0 Å². The van der Waals surface area contributed by atoms with Crippen molar-refractivity contribution in [3.8, 4) is 0 Å². The number of hydrogen-bond acceptors (Lipinski definition) is 2. The largest absolute Gasteiger partial charge is 0.303 e. The van der Waals surface area contributed by atoms with Crippen molar-refractivity contribution in [1.82, 2.24) is 4.90 Å². The first-order chi connectivity index (χ1) is 6.86. The zero-order chi connectivity index (χ0) is 10.2. The Balaban J connectivity index is 2.12. The molecular formula is C9H17FN4. The van der Waals surface area contributed by atoms with E-state index >= 15 is 0 Å². The first-order valence-electron chi connectivity index (χ1n) is 5.16. The van der Waals surface area contributed by atoms with Gasteiger partial charge in [-0.05, 0) is 43.8 Å². The molecule has 1 aliphatic rings. The second kappa shape index (κ2) is 6.62. The smallest absolute Gasteiger partial charge is 0.0897 e. The van der Waals surface area contributed by atoms with Gasteiger partial charge in [0.25, 0.3) is 0 Å². The molecule has 0 N–H and O–H groups in total. The molecule has 1 fully saturated rings. The summed E-state index contributed by atoms with van der Waals surface area (Å²) in [5, 5.41) is 3.50. The lowest BCUT2D eigenvalue weighted by atomic mass is 9.94. The number of rotatable bonds is 5. The van der Waals surface area contributed by atoms with Gasteiger partial charge in [-0.2, -0.15) is 0 Å². The molecule has 5 heteroatoms. The number of piperidine rings is 1. The van der Waals surface area contributed by atoms with Crippen LogP contribution in [0.25, 0.3) is 10.4 Å². The summed E-state index contributed by atoms with van der Waals surface area (Å²) in [6.07, 6.45) is 2.88. The summed E-state index contributed by atoms with van der Waals surface area (Å²) in [7, 11) is 0. The monoisotopic (exact) mass is 200 g/mol. The summed E-state index contributed by atoms with van der Waals surface area (Å²) in [6, 6.07) is 0. The number of azide groups is 1. The Morgan fingerprint density at radius 1 is 1.43 bits per heavy atom. The molecule has 0 radical (unpaired) electrons. The van der Waals surface area contributed by atoms with Crippen LogP contribution in [0.2, 0.25) is 0 Å². The molecule has 14 heavy (non-hydrogen) atoms. The highest BCUT2D eigenvalue weighted by molar-refractivity contribution is 4.72. The number of likely N-dealkylation sites (tertiary alicyclic amines) is 1. The minimum absolute atomic E-state index is 0.191. The molecule has 0 bridgehead atoms. The van der Waals surface area contributed by atoms with Crippen LogP contribution >= 0.6 is 0 Å². The van der Waals surface area contributed by atoms with Gasteiger partial charge in [0.05, 0.1) is 6.67 Å². The predicted molar refractivity (Wildman–Crippen MR) is 53.8 cm³/mol. The summed E-state index contributed by atoms with van der Waals surface area (Å²) >= 11 is 0. The normalized spacial score (nSPS) is 19.2. The maximum atomic E-state index is 12.1. The third kappa shape index (κ3) is 3.94. The molecule has 1 heterocycles. The molecular weight excluding hydrogens is 183 g/mol. The van der Waals surface area contributed by atoms with Crippen molar-refractivity contribution < 1.29 is 4.39 Å². The van der Waals surface area contributed by atoms with Crippen LogP contribution in [0.15, 0.2) is 5.11 Å². The van der Waals surface area contributed by atoms with E-state index < -0.39 is 0 Å². The summed E-state index contributed by atoms with van der Waals surface area (Å²) in [5.74, 6) is 0.565. The highest BCUT2D eigenvalue weighted by Gasteiger charge is 2.17. The van der Waals surface area contributed by atoms with Gasteiger partial charge in [0.2, 0.25) is 0 Å². The molecule has 1 aliphatic heterocycles. The standard InChI is InChI=1S/C9H17FN4/c10-4-1-9-2-6-14(7-3-9)8-5-12-13-11/h9H,1-8H2. The van der Waals surface area contributed by atoms with Gasteiger partial charge in [0, 0.05) is 18.0 Å². The van der Waals surface area contributed by atoms with E-state index in [9.17, 15) is 4.39 Å². The molecule has 0 saturated carbocycles. The van der Waals surface area contributed by atoms with Crippen LogP contribution in [0.1, 0.15) is 19.3 Å². The van der Waals surface area contributed by atoms with E-state index in [0.29, 0.717) is 18.9 Å². The molecule has 4 nitrogen and oxygen atoms in total. The molecule has 1 saturated heterocycles. The lowest BCUT2D eigenvalue weighted by Gasteiger charge is -2.31. The maximum Gasteiger partial charge on any atom is 0.0897 e. The van der Waals surface area contributed by atoms with Gasteiger partial charge in [0.15, 0.2) is 0 Å². The highest BCUT2D eigenvalue weighted by atomic mass is 19.1. The van der Waals surface area contributed by atoms with Crippen molar-refractivity contribution in [2.24, 2.45) is 11.0 Å². The second-order valence-electron chi connectivity index (χ2n) is 3.72. The summed E-state index contributed by atoms with van der Waals surface area (Å²) in [4.78, 5) is 4.99. The van der Waals surface area contributed by atoms with Crippen LogP contribution in [-0.4, -0.2) is 37.8 Å². The van der Waals surface area contributed by atoms with Crippen LogP contribution in [0, 0.1) is 5.92 Å². The van der Waals surface area contributed by atoms with E-state index in [2.05, 4.69) is 14.9 Å². The first kappa shape index (κ1) is 11.3. The van der Waals surface area contributed by atoms with Crippen molar-refractivity contribution in [3.63, 3.8) is 0 Å². The Morgan fingerprint density at radius 2 is 2.14 bits per heavy atom. The molecule has 0 atom stereocenters. The van der Waals surface area contributed by atoms with Crippen LogP contribution in [0.5, 0.6) is 0 Å². The molecule has 0 aromatic rings. The quantitative estimate of drug-likeness (QED) is 0.382. The lowest BCUT2D eigenvalue weighted by molar-refractivity contribution is 0.177. The molecule has 0 aromatic carbocycles. The summed E-state index contributed by atoms with van der Waals surface area (Å²) < 4.78 is 12.1. The van der Waals surface area contributed by atoms with Crippen LogP contribution < -0.4 is 0 Å². The fourth-order valence-electron chi connectivity index (χ4n) is 1.88. The molecule has 1 rings (SSSR count). The third-order valence-electron chi connectivity index (χ3n) is 2.80. The lowest BCUT2D eigenvalue weighted by Crippen LogP contribution is -2.35. The van der Waals surface area contributed by atoms with E-state index in [4.69, 9.17) is 5.53 Å². The number of alkyl halides is 1. The van der Waals surface area contributed by atoms with E-state index in [1.54, 1.807) is 0 Å². The van der Waals surface area contributed by atoms with Crippen molar-refractivity contribution in [2.45, 2.75) is 19.3 Å². The average molecular weight is 200 g/mol. The van der Waals surface area contributed by atoms with Crippen LogP contribution in [0.3, 0.4) is 0 Å². The Kier molecular flexibility index (Phi) is 5.33. The molecule has 0 amide bonds. The highest BCUT2D eigenvalue weighted by Crippen LogP contribution is 2.19. The molecule has 80 valence electrons. The van der Waals surface area contributed by atoms with Crippen LogP contribution in [0.4, 0.5) is 4.39 Å². The summed E-state index contributed by atoms with van der Waals surface area (Å²) in [5.41, 5.74) is 8.11. The maximum absolute atomic E-state index is 12.1. The zero-order valence-corrected chi connectivity index (χ0v) is 8.40. The van der Waals surface area contributed by atoms with Crippen molar-refractivity contribution in [3.05, 3.63) is 10.4 Å². The Hall–Kier alpha value is -0.800. The number of nitrogens with zero attached hydrogens (tertiary/aromatic N) is 4. The Morgan fingerprint density at radius 3 is 2.71 bits per heavy atom. The zero-order valence-electron chi connectivity index (χ0n) is 8.40. The second-order valence-corrected chi connectivity index (χ2v) is 3.72. The molecule has 0 unspecified atom stereocenters. The number of hydrogen-bond donors (Lipinski definition) is 0. The minimum Gasteiger partial charge on any atom is -0.303 e. The van der Waals surface area contributed by atoms with E-state index in [1.165, 1.54) is 0 Å². The van der Waals surface area contributed by atoms with Gasteiger partial charge in [-0.15, -0.1) is 0 Å². The van der Waals surface area contributed by atoms with Crippen LogP contribution in [-0.2, 0) is 0 Å². The Bertz CT molecular complexity index is 195. The minimum atomic E-state index is -0.191. The fourth-order valence-corrected chi connectivity index (χ4v) is 1.88. The van der Waals surface area contributed by atoms with Gasteiger partial charge < -0.3 is 4.90 Å². The van der Waals surface area contributed by atoms with Crippen molar-refractivity contribution >= 4 is 0 Å². The van der Waals surface area contributed by atoms with E-state index in [-0.39, 0.29) is 6.67 Å². The summed E-state index contributed by atoms with van der Waals surface area (Å²) in [6.45, 7) is 3.23. The predicted octanol–water partition coefficient (Wildman–Crippen LogP) is 2.37. The average Bonchev–Trinajstić information content (AvgIpc) is 2.21. The molecule has 0 spiro atoms. The number of halogens is 1. The first-order valence-corrected chi connectivity index (χ1v) is 5.16. The van der Waals surface area contributed by atoms with E-state index in [0.717, 1.165) is 32.5 Å².